The third-order valence-electron chi connectivity index (χ3n) is 2.93. The molecule has 2 aromatic carbocycles. The number of rotatable bonds is 5. The van der Waals surface area contributed by atoms with Crippen molar-refractivity contribution in [2.75, 3.05) is 0 Å². The Morgan fingerprint density at radius 3 is 2.05 bits per heavy atom. The number of nitrogens with zero attached hydrogens (tertiary/aromatic N) is 1. The molecule has 0 aliphatic heterocycles. The van der Waals surface area contributed by atoms with Gasteiger partial charge in [0.25, 0.3) is 5.69 Å². The van der Waals surface area contributed by atoms with Gasteiger partial charge in [0.05, 0.1) is 11.0 Å². The molecule has 20 heavy (non-hydrogen) atoms. The summed E-state index contributed by atoms with van der Waals surface area (Å²) < 4.78 is 5.58. The predicted octanol–water partition coefficient (Wildman–Crippen LogP) is 3.83. The number of ether oxygens (including phenoxy) is 1. The molecule has 5 heteroatoms. The highest BCUT2D eigenvalue weighted by molar-refractivity contribution is 5.39. The van der Waals surface area contributed by atoms with E-state index in [0.29, 0.717) is 17.9 Å². The average molecular weight is 273 g/mol. The highest BCUT2D eigenvalue weighted by Gasteiger charge is 2.07. The molecule has 0 fully saturated rings. The van der Waals surface area contributed by atoms with Crippen LogP contribution in [0.3, 0.4) is 0 Å². The lowest BCUT2D eigenvalue weighted by atomic mass is 10.1. The van der Waals surface area contributed by atoms with Gasteiger partial charge in [-0.15, -0.1) is 0 Å². The monoisotopic (exact) mass is 273 g/mol. The van der Waals surface area contributed by atoms with Crippen LogP contribution in [0.2, 0.25) is 0 Å². The third kappa shape index (κ3) is 3.33. The zero-order valence-corrected chi connectivity index (χ0v) is 11.0. The minimum Gasteiger partial charge on any atom is -0.457 e. The molecule has 0 aromatic heterocycles. The quantitative estimate of drug-likeness (QED) is 0.663. The van der Waals surface area contributed by atoms with Crippen molar-refractivity contribution < 1.29 is 14.8 Å². The molecule has 5 nitrogen and oxygen atoms in total. The first-order valence-corrected chi connectivity index (χ1v) is 6.30. The Hall–Kier alpha value is -2.40. The van der Waals surface area contributed by atoms with Crippen molar-refractivity contribution in [2.45, 2.75) is 19.4 Å². The molecule has 1 N–H and O–H groups in total. The molecule has 104 valence electrons. The molecule has 0 saturated carbocycles. The highest BCUT2D eigenvalue weighted by atomic mass is 16.6. The Labute approximate surface area is 116 Å². The summed E-state index contributed by atoms with van der Waals surface area (Å²) in [4.78, 5) is 10.1. The van der Waals surface area contributed by atoms with Gasteiger partial charge in [0, 0.05) is 12.1 Å². The Kier molecular flexibility index (Phi) is 4.32. The molecule has 0 heterocycles. The summed E-state index contributed by atoms with van der Waals surface area (Å²) in [6.45, 7) is 1.91. The maximum atomic E-state index is 10.5. The number of nitro groups is 1. The van der Waals surface area contributed by atoms with Gasteiger partial charge in [0.15, 0.2) is 0 Å². The van der Waals surface area contributed by atoms with E-state index in [1.807, 2.05) is 6.92 Å². The molecule has 0 saturated heterocycles. The van der Waals surface area contributed by atoms with Gasteiger partial charge in [-0.1, -0.05) is 19.1 Å². The summed E-state index contributed by atoms with van der Waals surface area (Å²) in [5.41, 5.74) is 0.863. The predicted molar refractivity (Wildman–Crippen MR) is 74.9 cm³/mol. The van der Waals surface area contributed by atoms with Crippen molar-refractivity contribution >= 4 is 5.69 Å². The first-order chi connectivity index (χ1) is 9.60. The van der Waals surface area contributed by atoms with E-state index in [1.54, 1.807) is 36.4 Å². The maximum absolute atomic E-state index is 10.5. The van der Waals surface area contributed by atoms with Crippen molar-refractivity contribution in [3.05, 3.63) is 64.2 Å². The lowest BCUT2D eigenvalue weighted by Crippen LogP contribution is -1.94. The summed E-state index contributed by atoms with van der Waals surface area (Å²) in [5, 5.41) is 20.2. The first-order valence-electron chi connectivity index (χ1n) is 6.30. The molecule has 2 aromatic rings. The van der Waals surface area contributed by atoms with Gasteiger partial charge < -0.3 is 9.84 Å². The maximum Gasteiger partial charge on any atom is 0.269 e. The van der Waals surface area contributed by atoms with Crippen LogP contribution < -0.4 is 4.74 Å². The van der Waals surface area contributed by atoms with Crippen molar-refractivity contribution in [3.8, 4) is 11.5 Å². The fourth-order valence-corrected chi connectivity index (χ4v) is 1.77. The molecule has 0 unspecified atom stereocenters. The van der Waals surface area contributed by atoms with Gasteiger partial charge in [-0.3, -0.25) is 10.1 Å². The fraction of sp³-hybridized carbons (Fsp3) is 0.200. The Morgan fingerprint density at radius 1 is 1.10 bits per heavy atom. The number of non-ortho nitro benzene ring substituents is 1. The minimum atomic E-state index is -0.469. The number of benzene rings is 2. The van der Waals surface area contributed by atoms with Crippen molar-refractivity contribution in [1.82, 2.24) is 0 Å². The lowest BCUT2D eigenvalue weighted by Gasteiger charge is -2.09. The smallest absolute Gasteiger partial charge is 0.269 e. The van der Waals surface area contributed by atoms with E-state index >= 15 is 0 Å². The SMILES string of the molecule is CC[C@@H](O)c1ccc(Oc2ccc([N+](=O)[O-])cc2)cc1. The summed E-state index contributed by atoms with van der Waals surface area (Å²) in [5.74, 6) is 1.14. The Balaban J connectivity index is 2.08. The van der Waals surface area contributed by atoms with Gasteiger partial charge in [0.1, 0.15) is 11.5 Å². The molecular formula is C15H15NO4. The van der Waals surface area contributed by atoms with E-state index in [-0.39, 0.29) is 5.69 Å². The van der Waals surface area contributed by atoms with Crippen LogP contribution in [-0.4, -0.2) is 10.0 Å². The van der Waals surface area contributed by atoms with Crippen LogP contribution >= 0.6 is 0 Å². The number of aliphatic hydroxyl groups is 1. The van der Waals surface area contributed by atoms with Crippen molar-refractivity contribution in [1.29, 1.82) is 0 Å². The number of hydrogen-bond donors (Lipinski definition) is 1. The van der Waals surface area contributed by atoms with E-state index in [0.717, 1.165) is 5.56 Å². The van der Waals surface area contributed by atoms with E-state index in [9.17, 15) is 15.2 Å². The lowest BCUT2D eigenvalue weighted by molar-refractivity contribution is -0.384. The van der Waals surface area contributed by atoms with Gasteiger partial charge >= 0.3 is 0 Å². The molecule has 0 aliphatic rings. The van der Waals surface area contributed by atoms with E-state index < -0.39 is 11.0 Å². The molecule has 0 radical (unpaired) electrons. The second-order valence-corrected chi connectivity index (χ2v) is 4.35. The van der Waals surface area contributed by atoms with Gasteiger partial charge in [-0.05, 0) is 36.2 Å². The zero-order chi connectivity index (χ0) is 14.5. The van der Waals surface area contributed by atoms with E-state index in [2.05, 4.69) is 0 Å². The van der Waals surface area contributed by atoms with Crippen LogP contribution in [0.15, 0.2) is 48.5 Å². The average Bonchev–Trinajstić information content (AvgIpc) is 2.48. The highest BCUT2D eigenvalue weighted by Crippen LogP contribution is 2.25. The minimum absolute atomic E-state index is 0.0266. The summed E-state index contributed by atoms with van der Waals surface area (Å²) in [6, 6.07) is 13.0. The molecule has 0 spiro atoms. The normalized spacial score (nSPS) is 11.9. The van der Waals surface area contributed by atoms with Crippen LogP contribution in [0, 0.1) is 10.1 Å². The van der Waals surface area contributed by atoms with Gasteiger partial charge in [0.2, 0.25) is 0 Å². The molecule has 2 rings (SSSR count). The molecule has 1 atom stereocenters. The summed E-state index contributed by atoms with van der Waals surface area (Å²) in [6.07, 6.45) is 0.186. The second-order valence-electron chi connectivity index (χ2n) is 4.35. The Morgan fingerprint density at radius 2 is 1.60 bits per heavy atom. The van der Waals surface area contributed by atoms with Crippen LogP contribution in [0.1, 0.15) is 25.0 Å². The largest absolute Gasteiger partial charge is 0.457 e. The standard InChI is InChI=1S/C15H15NO4/c1-2-15(17)11-3-7-13(8-4-11)20-14-9-5-12(6-10-14)16(18)19/h3-10,15,17H,2H2,1H3/t15-/m1/s1. The van der Waals surface area contributed by atoms with E-state index in [4.69, 9.17) is 4.74 Å². The second kappa shape index (κ2) is 6.16. The summed E-state index contributed by atoms with van der Waals surface area (Å²) in [7, 11) is 0. The van der Waals surface area contributed by atoms with Crippen molar-refractivity contribution in [2.24, 2.45) is 0 Å². The number of nitro benzene ring substituents is 1. The molecule has 0 bridgehead atoms. The fourth-order valence-electron chi connectivity index (χ4n) is 1.77. The third-order valence-corrected chi connectivity index (χ3v) is 2.93. The molecule has 0 aliphatic carbocycles. The Bertz CT molecular complexity index is 578. The number of aliphatic hydroxyl groups excluding tert-OH is 1. The van der Waals surface area contributed by atoms with Crippen LogP contribution in [0.25, 0.3) is 0 Å². The number of hydrogen-bond acceptors (Lipinski definition) is 4. The van der Waals surface area contributed by atoms with Crippen LogP contribution in [-0.2, 0) is 0 Å². The zero-order valence-electron chi connectivity index (χ0n) is 11.0. The molecule has 0 amide bonds. The van der Waals surface area contributed by atoms with Crippen molar-refractivity contribution in [3.63, 3.8) is 0 Å². The first kappa shape index (κ1) is 14.0. The van der Waals surface area contributed by atoms with Crippen LogP contribution in [0.4, 0.5) is 5.69 Å². The summed E-state index contributed by atoms with van der Waals surface area (Å²) >= 11 is 0. The molecular weight excluding hydrogens is 258 g/mol. The topological polar surface area (TPSA) is 72.6 Å². The van der Waals surface area contributed by atoms with E-state index in [1.165, 1.54) is 12.1 Å². The van der Waals surface area contributed by atoms with Crippen LogP contribution in [0.5, 0.6) is 11.5 Å². The van der Waals surface area contributed by atoms with Gasteiger partial charge in [-0.25, -0.2) is 0 Å². The van der Waals surface area contributed by atoms with Gasteiger partial charge in [-0.2, -0.15) is 0 Å².